The number of amides is 1. The Bertz CT molecular complexity index is 256. The number of nitrogens with one attached hydrogen (secondary N) is 1. The number of carbonyl (C=O) groups is 1. The van der Waals surface area contributed by atoms with Gasteiger partial charge in [0.1, 0.15) is 0 Å². The Morgan fingerprint density at radius 3 is 2.69 bits per heavy atom. The molecule has 0 saturated carbocycles. The molecule has 0 bridgehead atoms. The van der Waals surface area contributed by atoms with Crippen LogP contribution in [0.15, 0.2) is 0 Å². The van der Waals surface area contributed by atoms with Crippen molar-refractivity contribution in [3.63, 3.8) is 0 Å². The third-order valence-corrected chi connectivity index (χ3v) is 3.16. The maximum atomic E-state index is 12.2. The van der Waals surface area contributed by atoms with Crippen molar-refractivity contribution in [2.24, 2.45) is 5.41 Å². The molecule has 0 aromatic carbocycles. The Labute approximate surface area is 95.2 Å². The molecule has 1 N–H and O–H groups in total. The van der Waals surface area contributed by atoms with Crippen LogP contribution in [-0.4, -0.2) is 43.4 Å². The lowest BCUT2D eigenvalue weighted by atomic mass is 9.77. The third-order valence-electron chi connectivity index (χ3n) is 3.16. The number of nitrogens with zero attached hydrogens (tertiary/aromatic N) is 1. The molecule has 0 aliphatic carbocycles. The summed E-state index contributed by atoms with van der Waals surface area (Å²) >= 11 is 0. The maximum Gasteiger partial charge on any atom is 0.255 e. The van der Waals surface area contributed by atoms with Gasteiger partial charge in [0.25, 0.3) is 6.43 Å². The number of rotatable bonds is 3. The topological polar surface area (TPSA) is 32.3 Å². The Morgan fingerprint density at radius 2 is 2.19 bits per heavy atom. The van der Waals surface area contributed by atoms with Crippen LogP contribution in [0.2, 0.25) is 0 Å². The molecule has 1 fully saturated rings. The SMILES string of the molecule is CN(CC(F)F)C(=O)C1NCCCC1(C)C. The van der Waals surface area contributed by atoms with Crippen LogP contribution in [0.1, 0.15) is 26.7 Å². The van der Waals surface area contributed by atoms with E-state index in [9.17, 15) is 13.6 Å². The van der Waals surface area contributed by atoms with Gasteiger partial charge in [-0.3, -0.25) is 4.79 Å². The van der Waals surface area contributed by atoms with Crippen LogP contribution in [0.5, 0.6) is 0 Å². The van der Waals surface area contributed by atoms with Gasteiger partial charge in [-0.15, -0.1) is 0 Å². The Hall–Kier alpha value is -0.710. The molecule has 1 atom stereocenters. The van der Waals surface area contributed by atoms with Crippen molar-refractivity contribution in [3.8, 4) is 0 Å². The van der Waals surface area contributed by atoms with E-state index in [2.05, 4.69) is 5.32 Å². The van der Waals surface area contributed by atoms with Gasteiger partial charge >= 0.3 is 0 Å². The summed E-state index contributed by atoms with van der Waals surface area (Å²) in [5.41, 5.74) is -0.161. The van der Waals surface area contributed by atoms with Crippen LogP contribution in [0.3, 0.4) is 0 Å². The molecule has 0 spiro atoms. The molecule has 1 aliphatic heterocycles. The number of piperidine rings is 1. The van der Waals surface area contributed by atoms with Gasteiger partial charge in [0, 0.05) is 7.05 Å². The lowest BCUT2D eigenvalue weighted by molar-refractivity contribution is -0.137. The van der Waals surface area contributed by atoms with E-state index in [4.69, 9.17) is 0 Å². The zero-order chi connectivity index (χ0) is 12.3. The zero-order valence-corrected chi connectivity index (χ0v) is 10.1. The summed E-state index contributed by atoms with van der Waals surface area (Å²) in [5.74, 6) is -0.231. The normalized spacial score (nSPS) is 24.5. The van der Waals surface area contributed by atoms with E-state index in [0.29, 0.717) is 0 Å². The molecule has 1 heterocycles. The molecule has 0 radical (unpaired) electrons. The minimum absolute atomic E-state index is 0.161. The third kappa shape index (κ3) is 3.14. The van der Waals surface area contributed by atoms with Crippen LogP contribution in [0.25, 0.3) is 0 Å². The lowest BCUT2D eigenvalue weighted by Gasteiger charge is -2.40. The fraction of sp³-hybridized carbons (Fsp3) is 0.909. The van der Waals surface area contributed by atoms with E-state index in [0.717, 1.165) is 24.3 Å². The van der Waals surface area contributed by atoms with Gasteiger partial charge in [-0.1, -0.05) is 13.8 Å². The van der Waals surface area contributed by atoms with Gasteiger partial charge in [-0.05, 0) is 24.8 Å². The summed E-state index contributed by atoms with van der Waals surface area (Å²) in [5, 5.41) is 3.13. The quantitative estimate of drug-likeness (QED) is 0.802. The van der Waals surface area contributed by atoms with Crippen molar-refractivity contribution < 1.29 is 13.6 Å². The first kappa shape index (κ1) is 13.4. The zero-order valence-electron chi connectivity index (χ0n) is 10.1. The van der Waals surface area contributed by atoms with Crippen LogP contribution >= 0.6 is 0 Å². The minimum Gasteiger partial charge on any atom is -0.339 e. The first-order valence-electron chi connectivity index (χ1n) is 5.61. The predicted molar refractivity (Wildman–Crippen MR) is 58.4 cm³/mol. The van der Waals surface area contributed by atoms with Crippen LogP contribution in [0, 0.1) is 5.41 Å². The molecular weight excluding hydrogens is 214 g/mol. The predicted octanol–water partition coefficient (Wildman–Crippen LogP) is 1.49. The number of alkyl halides is 2. The molecule has 1 aliphatic rings. The summed E-state index contributed by atoms with van der Waals surface area (Å²) in [6.07, 6.45) is -0.505. The first-order valence-corrected chi connectivity index (χ1v) is 5.61. The average Bonchev–Trinajstić information content (AvgIpc) is 2.15. The Balaban J connectivity index is 2.64. The van der Waals surface area contributed by atoms with Crippen LogP contribution in [-0.2, 0) is 4.79 Å². The number of carbonyl (C=O) groups excluding carboxylic acids is 1. The smallest absolute Gasteiger partial charge is 0.255 e. The van der Waals surface area contributed by atoms with Gasteiger partial charge in [0.05, 0.1) is 12.6 Å². The Kier molecular flexibility index (Phi) is 4.24. The highest BCUT2D eigenvalue weighted by Gasteiger charge is 2.38. The van der Waals surface area contributed by atoms with E-state index in [1.807, 2.05) is 13.8 Å². The van der Waals surface area contributed by atoms with Gasteiger partial charge in [0.15, 0.2) is 0 Å². The second-order valence-corrected chi connectivity index (χ2v) is 5.09. The van der Waals surface area contributed by atoms with Gasteiger partial charge in [-0.2, -0.15) is 0 Å². The second kappa shape index (κ2) is 5.08. The monoisotopic (exact) mass is 234 g/mol. The van der Waals surface area contributed by atoms with Crippen molar-refractivity contribution in [3.05, 3.63) is 0 Å². The summed E-state index contributed by atoms with van der Waals surface area (Å²) < 4.78 is 24.4. The summed E-state index contributed by atoms with van der Waals surface area (Å²) in [6.45, 7) is 4.28. The van der Waals surface area contributed by atoms with E-state index in [-0.39, 0.29) is 17.4 Å². The average molecular weight is 234 g/mol. The van der Waals surface area contributed by atoms with Crippen molar-refractivity contribution in [1.29, 1.82) is 0 Å². The van der Waals surface area contributed by atoms with Crippen molar-refractivity contribution in [2.45, 2.75) is 39.2 Å². The van der Waals surface area contributed by atoms with E-state index >= 15 is 0 Å². The van der Waals surface area contributed by atoms with Crippen molar-refractivity contribution in [2.75, 3.05) is 20.1 Å². The minimum atomic E-state index is -2.47. The standard InChI is InChI=1S/C11H20F2N2O/c1-11(2)5-4-6-14-9(11)10(16)15(3)7-8(12)13/h8-9,14H,4-7H2,1-3H3. The van der Waals surface area contributed by atoms with Gasteiger partial charge in [0.2, 0.25) is 5.91 Å². The summed E-state index contributed by atoms with van der Waals surface area (Å²) in [7, 11) is 1.43. The highest BCUT2D eigenvalue weighted by Crippen LogP contribution is 2.30. The molecule has 1 rings (SSSR count). The highest BCUT2D eigenvalue weighted by atomic mass is 19.3. The van der Waals surface area contributed by atoms with Crippen LogP contribution in [0.4, 0.5) is 8.78 Å². The number of hydrogen-bond acceptors (Lipinski definition) is 2. The molecule has 16 heavy (non-hydrogen) atoms. The van der Waals surface area contributed by atoms with E-state index < -0.39 is 13.0 Å². The lowest BCUT2D eigenvalue weighted by Crippen LogP contribution is -2.56. The number of hydrogen-bond donors (Lipinski definition) is 1. The molecule has 0 aromatic heterocycles. The number of halogens is 2. The fourth-order valence-electron chi connectivity index (χ4n) is 2.15. The maximum absolute atomic E-state index is 12.2. The molecule has 0 aromatic rings. The molecule has 5 heteroatoms. The van der Waals surface area contributed by atoms with E-state index in [1.165, 1.54) is 7.05 Å². The second-order valence-electron chi connectivity index (χ2n) is 5.09. The Morgan fingerprint density at radius 1 is 1.56 bits per heavy atom. The van der Waals surface area contributed by atoms with Crippen molar-refractivity contribution >= 4 is 5.91 Å². The first-order chi connectivity index (χ1) is 7.34. The summed E-state index contributed by atoms with van der Waals surface area (Å²) in [4.78, 5) is 13.1. The summed E-state index contributed by atoms with van der Waals surface area (Å²) in [6, 6.07) is -0.343. The molecule has 1 saturated heterocycles. The fourth-order valence-corrected chi connectivity index (χ4v) is 2.15. The molecule has 1 unspecified atom stereocenters. The van der Waals surface area contributed by atoms with Gasteiger partial charge < -0.3 is 10.2 Å². The van der Waals surface area contributed by atoms with E-state index in [1.54, 1.807) is 0 Å². The van der Waals surface area contributed by atoms with Crippen molar-refractivity contribution in [1.82, 2.24) is 10.2 Å². The molecule has 94 valence electrons. The highest BCUT2D eigenvalue weighted by molar-refractivity contribution is 5.82. The molecule has 3 nitrogen and oxygen atoms in total. The van der Waals surface area contributed by atoms with Gasteiger partial charge in [-0.25, -0.2) is 8.78 Å². The number of likely N-dealkylation sites (N-methyl/N-ethyl adjacent to an activating group) is 1. The molecule has 1 amide bonds. The molecular formula is C11H20F2N2O. The van der Waals surface area contributed by atoms with Crippen LogP contribution < -0.4 is 5.32 Å². The largest absolute Gasteiger partial charge is 0.339 e.